The first-order chi connectivity index (χ1) is 10.3. The maximum absolute atomic E-state index is 12.9. The zero-order valence-electron chi connectivity index (χ0n) is 12.5. The molecule has 0 bridgehead atoms. The summed E-state index contributed by atoms with van der Waals surface area (Å²) in [6, 6.07) is -1.56. The average Bonchev–Trinajstić information content (AvgIpc) is 2.43. The van der Waals surface area contributed by atoms with Gasteiger partial charge in [0.1, 0.15) is 0 Å². The molecule has 1 rings (SSSR count). The Kier molecular flexibility index (Phi) is 7.26. The van der Waals surface area contributed by atoms with Crippen molar-refractivity contribution in [1.82, 2.24) is 16.0 Å². The zero-order chi connectivity index (χ0) is 16.6. The van der Waals surface area contributed by atoms with Crippen molar-refractivity contribution in [2.24, 2.45) is 5.92 Å². The van der Waals surface area contributed by atoms with Crippen LogP contribution in [0, 0.1) is 5.92 Å². The van der Waals surface area contributed by atoms with E-state index < -0.39 is 30.3 Å². The molecule has 0 aromatic heterocycles. The molecule has 2 atom stereocenters. The molecule has 22 heavy (non-hydrogen) atoms. The maximum atomic E-state index is 12.9. The molecule has 3 amide bonds. The molecule has 0 radical (unpaired) electrons. The molecule has 0 saturated heterocycles. The van der Waals surface area contributed by atoms with E-state index in [-0.39, 0.29) is 26.1 Å². The van der Waals surface area contributed by atoms with Crippen molar-refractivity contribution >= 4 is 12.1 Å². The summed E-state index contributed by atoms with van der Waals surface area (Å²) in [6.45, 7) is 2.14. The van der Waals surface area contributed by atoms with Crippen molar-refractivity contribution in [3.05, 3.63) is 0 Å². The van der Waals surface area contributed by atoms with Gasteiger partial charge in [-0.25, -0.2) is 9.59 Å². The fraction of sp³-hybridized carbons (Fsp3) is 0.846. The number of hydrogen-bond acceptors (Lipinski definition) is 3. The second kappa shape index (κ2) is 8.70. The second-order valence-electron chi connectivity index (χ2n) is 5.09. The number of rotatable bonds is 5. The van der Waals surface area contributed by atoms with Crippen LogP contribution in [-0.2, 0) is 4.74 Å². The molecule has 1 fully saturated rings. The van der Waals surface area contributed by atoms with Crippen molar-refractivity contribution < 1.29 is 27.5 Å². The van der Waals surface area contributed by atoms with Gasteiger partial charge in [0.25, 0.3) is 0 Å². The van der Waals surface area contributed by atoms with Crippen LogP contribution < -0.4 is 16.0 Å². The minimum absolute atomic E-state index is 0.0405. The molecule has 0 unspecified atom stereocenters. The Morgan fingerprint density at radius 1 is 1.14 bits per heavy atom. The van der Waals surface area contributed by atoms with Gasteiger partial charge in [-0.1, -0.05) is 12.8 Å². The van der Waals surface area contributed by atoms with E-state index >= 15 is 0 Å². The summed E-state index contributed by atoms with van der Waals surface area (Å²) in [7, 11) is 0. The third kappa shape index (κ3) is 6.40. The second-order valence-corrected chi connectivity index (χ2v) is 5.09. The van der Waals surface area contributed by atoms with Gasteiger partial charge in [-0.3, -0.25) is 0 Å². The molecule has 0 aliphatic heterocycles. The first kappa shape index (κ1) is 18.4. The Bertz CT molecular complexity index is 377. The van der Waals surface area contributed by atoms with E-state index in [0.717, 1.165) is 0 Å². The van der Waals surface area contributed by atoms with Crippen LogP contribution in [0.2, 0.25) is 0 Å². The van der Waals surface area contributed by atoms with Gasteiger partial charge in [-0.15, -0.1) is 0 Å². The van der Waals surface area contributed by atoms with Crippen LogP contribution in [-0.4, -0.2) is 44.0 Å². The van der Waals surface area contributed by atoms with Gasteiger partial charge in [-0.05, 0) is 19.8 Å². The lowest BCUT2D eigenvalue weighted by molar-refractivity contribution is -0.187. The van der Waals surface area contributed by atoms with E-state index in [9.17, 15) is 22.8 Å². The number of alkyl halides is 3. The number of halogens is 3. The summed E-state index contributed by atoms with van der Waals surface area (Å²) in [6.07, 6.45) is -3.36. The molecule has 0 heterocycles. The predicted octanol–water partition coefficient (Wildman–Crippen LogP) is 2.15. The minimum Gasteiger partial charge on any atom is -0.450 e. The summed E-state index contributed by atoms with van der Waals surface area (Å²) in [4.78, 5) is 22.6. The Hall–Kier alpha value is -1.67. The number of amides is 3. The van der Waals surface area contributed by atoms with Gasteiger partial charge >= 0.3 is 18.3 Å². The molecule has 0 spiro atoms. The number of hydrogen-bond donors (Lipinski definition) is 3. The van der Waals surface area contributed by atoms with Crippen LogP contribution >= 0.6 is 0 Å². The van der Waals surface area contributed by atoms with E-state index in [1.807, 2.05) is 0 Å². The van der Waals surface area contributed by atoms with E-state index in [2.05, 4.69) is 20.7 Å². The van der Waals surface area contributed by atoms with E-state index in [4.69, 9.17) is 0 Å². The Labute approximate surface area is 127 Å². The van der Waals surface area contributed by atoms with Crippen molar-refractivity contribution in [3.8, 4) is 0 Å². The molecule has 1 saturated carbocycles. The lowest BCUT2D eigenvalue weighted by Gasteiger charge is -2.33. The average molecular weight is 325 g/mol. The highest BCUT2D eigenvalue weighted by atomic mass is 19.4. The summed E-state index contributed by atoms with van der Waals surface area (Å²) >= 11 is 0. The van der Waals surface area contributed by atoms with Crippen molar-refractivity contribution in [1.29, 1.82) is 0 Å². The summed E-state index contributed by atoms with van der Waals surface area (Å²) in [5.41, 5.74) is 0. The van der Waals surface area contributed by atoms with Crippen LogP contribution in [0.1, 0.15) is 32.6 Å². The molecular formula is C13H22F3N3O3. The Balaban J connectivity index is 2.29. The van der Waals surface area contributed by atoms with E-state index in [1.165, 1.54) is 0 Å². The van der Waals surface area contributed by atoms with Gasteiger partial charge in [0.2, 0.25) is 0 Å². The lowest BCUT2D eigenvalue weighted by atomic mass is 9.84. The minimum atomic E-state index is -4.30. The lowest BCUT2D eigenvalue weighted by Crippen LogP contribution is -2.51. The normalized spacial score (nSPS) is 21.8. The third-order valence-electron chi connectivity index (χ3n) is 3.46. The SMILES string of the molecule is CCOC(=O)NCCNC(=O)N[C@@H]1CCCC[C@H]1C(F)(F)F. The highest BCUT2D eigenvalue weighted by Crippen LogP contribution is 2.37. The smallest absolute Gasteiger partial charge is 0.407 e. The maximum Gasteiger partial charge on any atom is 0.407 e. The van der Waals surface area contributed by atoms with E-state index in [1.54, 1.807) is 6.92 Å². The fourth-order valence-electron chi connectivity index (χ4n) is 2.44. The molecule has 9 heteroatoms. The quantitative estimate of drug-likeness (QED) is 0.678. The number of ether oxygens (including phenoxy) is 1. The van der Waals surface area contributed by atoms with Crippen molar-refractivity contribution in [3.63, 3.8) is 0 Å². The predicted molar refractivity (Wildman–Crippen MR) is 73.4 cm³/mol. The van der Waals surface area contributed by atoms with Crippen LogP contribution in [0.3, 0.4) is 0 Å². The molecule has 1 aliphatic rings. The molecule has 0 aromatic carbocycles. The number of carbonyl (C=O) groups excluding carboxylic acids is 2. The van der Waals surface area contributed by atoms with E-state index in [0.29, 0.717) is 19.3 Å². The number of carbonyl (C=O) groups is 2. The van der Waals surface area contributed by atoms with Gasteiger partial charge in [-0.2, -0.15) is 13.2 Å². The first-order valence-corrected chi connectivity index (χ1v) is 7.36. The van der Waals surface area contributed by atoms with Gasteiger partial charge in [0.05, 0.1) is 12.5 Å². The van der Waals surface area contributed by atoms with Gasteiger partial charge in [0, 0.05) is 19.1 Å². The first-order valence-electron chi connectivity index (χ1n) is 7.36. The van der Waals surface area contributed by atoms with Crippen molar-refractivity contribution in [2.75, 3.05) is 19.7 Å². The highest BCUT2D eigenvalue weighted by molar-refractivity contribution is 5.74. The summed E-state index contributed by atoms with van der Waals surface area (Å²) in [5, 5.41) is 7.18. The third-order valence-corrected chi connectivity index (χ3v) is 3.46. The molecule has 128 valence electrons. The monoisotopic (exact) mass is 325 g/mol. The molecule has 6 nitrogen and oxygen atoms in total. The summed E-state index contributed by atoms with van der Waals surface area (Å²) in [5.74, 6) is -1.50. The van der Waals surface area contributed by atoms with Gasteiger partial charge < -0.3 is 20.7 Å². The Morgan fingerprint density at radius 3 is 2.41 bits per heavy atom. The number of nitrogens with one attached hydrogen (secondary N) is 3. The highest BCUT2D eigenvalue weighted by Gasteiger charge is 2.45. The van der Waals surface area contributed by atoms with Crippen LogP contribution in [0.5, 0.6) is 0 Å². The molecular weight excluding hydrogens is 303 g/mol. The topological polar surface area (TPSA) is 79.5 Å². The van der Waals surface area contributed by atoms with Crippen LogP contribution in [0.4, 0.5) is 22.8 Å². The number of urea groups is 1. The molecule has 1 aliphatic carbocycles. The van der Waals surface area contributed by atoms with Crippen LogP contribution in [0.25, 0.3) is 0 Å². The van der Waals surface area contributed by atoms with Gasteiger partial charge in [0.15, 0.2) is 0 Å². The van der Waals surface area contributed by atoms with Crippen molar-refractivity contribution in [2.45, 2.75) is 44.8 Å². The Morgan fingerprint density at radius 2 is 1.77 bits per heavy atom. The molecule has 3 N–H and O–H groups in total. The summed E-state index contributed by atoms with van der Waals surface area (Å²) < 4.78 is 43.2. The zero-order valence-corrected chi connectivity index (χ0v) is 12.5. The fourth-order valence-corrected chi connectivity index (χ4v) is 2.44. The largest absolute Gasteiger partial charge is 0.450 e. The number of alkyl carbamates (subject to hydrolysis) is 1. The standard InChI is InChI=1S/C13H22F3N3O3/c1-2-22-12(21)18-8-7-17-11(20)19-10-6-4-3-5-9(10)13(14,15)16/h9-10H,2-8H2,1H3,(H,18,21)(H2,17,19,20)/t9-,10-/m1/s1. The van der Waals surface area contributed by atoms with Crippen LogP contribution in [0.15, 0.2) is 0 Å². The molecule has 0 aromatic rings.